The van der Waals surface area contributed by atoms with Gasteiger partial charge in [0.25, 0.3) is 0 Å². The number of rotatable bonds is 2. The first kappa shape index (κ1) is 14.6. The van der Waals surface area contributed by atoms with Crippen molar-refractivity contribution in [3.05, 3.63) is 22.7 Å². The van der Waals surface area contributed by atoms with Crippen molar-refractivity contribution >= 4 is 21.6 Å². The molecular weight excluding hydrogens is 326 g/mol. The van der Waals surface area contributed by atoms with Gasteiger partial charge in [-0.05, 0) is 36.8 Å². The van der Waals surface area contributed by atoms with Gasteiger partial charge >= 0.3 is 0 Å². The van der Waals surface area contributed by atoms with Crippen molar-refractivity contribution in [2.24, 2.45) is 5.92 Å². The van der Waals surface area contributed by atoms with Crippen LogP contribution in [-0.2, 0) is 16.6 Å². The average molecular weight is 344 g/mol. The number of sulfonamides is 1. The summed E-state index contributed by atoms with van der Waals surface area (Å²) in [4.78, 5) is 0. The van der Waals surface area contributed by atoms with E-state index in [0.29, 0.717) is 42.2 Å². The first-order valence-electron chi connectivity index (χ1n) is 7.60. The lowest BCUT2D eigenvalue weighted by atomic mass is 10.1. The van der Waals surface area contributed by atoms with Crippen LogP contribution in [0.15, 0.2) is 12.1 Å². The first-order chi connectivity index (χ1) is 10.5. The molecule has 0 radical (unpaired) electrons. The van der Waals surface area contributed by atoms with Crippen molar-refractivity contribution < 1.29 is 17.9 Å². The molecule has 0 aromatic heterocycles. The minimum Gasteiger partial charge on any atom is -0.486 e. The third kappa shape index (κ3) is 2.47. The normalized spacial score (nSPS) is 29.5. The molecule has 1 aromatic carbocycles. The third-order valence-electron chi connectivity index (χ3n) is 4.76. The quantitative estimate of drug-likeness (QED) is 0.827. The molecule has 1 aromatic rings. The minimum atomic E-state index is -3.19. The van der Waals surface area contributed by atoms with Crippen LogP contribution < -0.4 is 9.47 Å². The van der Waals surface area contributed by atoms with E-state index in [1.165, 1.54) is 0 Å². The molecule has 2 atom stereocenters. The molecule has 4 rings (SSSR count). The molecule has 7 heteroatoms. The van der Waals surface area contributed by atoms with Gasteiger partial charge in [0.1, 0.15) is 13.2 Å². The van der Waals surface area contributed by atoms with E-state index >= 15 is 0 Å². The second-order valence-corrected chi connectivity index (χ2v) is 8.62. The number of fused-ring (bicyclic) bond motifs is 3. The predicted octanol–water partition coefficient (Wildman–Crippen LogP) is 2.43. The summed E-state index contributed by atoms with van der Waals surface area (Å²) in [5.41, 5.74) is 0.778. The van der Waals surface area contributed by atoms with Gasteiger partial charge in [-0.25, -0.2) is 8.42 Å². The Morgan fingerprint density at radius 3 is 2.68 bits per heavy atom. The van der Waals surface area contributed by atoms with Crippen LogP contribution in [0.4, 0.5) is 0 Å². The third-order valence-corrected chi connectivity index (χ3v) is 7.15. The maximum atomic E-state index is 12.5. The maximum absolute atomic E-state index is 12.5. The number of ether oxygens (including phenoxy) is 2. The van der Waals surface area contributed by atoms with E-state index in [1.807, 2.05) is 6.07 Å². The van der Waals surface area contributed by atoms with Crippen molar-refractivity contribution in [3.8, 4) is 11.5 Å². The zero-order chi connectivity index (χ0) is 15.3. The Balaban J connectivity index is 1.65. The standard InChI is InChI=1S/C15H18ClNO4S/c16-13-7-15-14(20-3-4-21-15)6-11(13)8-17-12-2-1-10(5-12)9-22(17,18)19/h6-7,10,12H,1-5,8-9H2/t10-,12+/m0/s1. The Labute approximate surface area is 135 Å². The molecule has 3 aliphatic rings. The molecular formula is C15H18ClNO4S. The molecule has 0 spiro atoms. The summed E-state index contributed by atoms with van der Waals surface area (Å²) in [6.45, 7) is 1.32. The van der Waals surface area contributed by atoms with Crippen molar-refractivity contribution in [1.29, 1.82) is 0 Å². The molecule has 22 heavy (non-hydrogen) atoms. The van der Waals surface area contributed by atoms with Crippen LogP contribution in [0.25, 0.3) is 0 Å². The van der Waals surface area contributed by atoms with E-state index in [4.69, 9.17) is 21.1 Å². The second-order valence-electron chi connectivity index (χ2n) is 6.24. The highest BCUT2D eigenvalue weighted by molar-refractivity contribution is 7.89. The van der Waals surface area contributed by atoms with Gasteiger partial charge in [0.15, 0.2) is 11.5 Å². The highest BCUT2D eigenvalue weighted by Gasteiger charge is 2.43. The summed E-state index contributed by atoms with van der Waals surface area (Å²) in [6.07, 6.45) is 2.93. The van der Waals surface area contributed by atoms with Gasteiger partial charge in [-0.15, -0.1) is 0 Å². The molecule has 1 saturated carbocycles. The molecule has 2 heterocycles. The Morgan fingerprint density at radius 1 is 1.18 bits per heavy atom. The lowest BCUT2D eigenvalue weighted by Gasteiger charge is -2.33. The van der Waals surface area contributed by atoms with Crippen LogP contribution in [-0.4, -0.2) is 37.7 Å². The fraction of sp³-hybridized carbons (Fsp3) is 0.600. The van der Waals surface area contributed by atoms with Crippen molar-refractivity contribution in [1.82, 2.24) is 4.31 Å². The molecule has 1 saturated heterocycles. The van der Waals surface area contributed by atoms with E-state index in [9.17, 15) is 8.42 Å². The second kappa shape index (κ2) is 5.28. The van der Waals surface area contributed by atoms with Gasteiger partial charge in [-0.2, -0.15) is 4.31 Å². The van der Waals surface area contributed by atoms with Gasteiger partial charge < -0.3 is 9.47 Å². The Hall–Kier alpha value is -0.980. The van der Waals surface area contributed by atoms with Crippen molar-refractivity contribution in [2.45, 2.75) is 31.8 Å². The van der Waals surface area contributed by atoms with Gasteiger partial charge in [-0.1, -0.05) is 11.6 Å². The smallest absolute Gasteiger partial charge is 0.214 e. The number of hydrogen-bond donors (Lipinski definition) is 0. The first-order valence-corrected chi connectivity index (χ1v) is 9.59. The molecule has 0 amide bonds. The fourth-order valence-corrected chi connectivity index (χ4v) is 5.99. The highest BCUT2D eigenvalue weighted by Crippen LogP contribution is 2.41. The van der Waals surface area contributed by atoms with Crippen LogP contribution in [0.5, 0.6) is 11.5 Å². The van der Waals surface area contributed by atoms with E-state index in [2.05, 4.69) is 0 Å². The number of hydrogen-bond acceptors (Lipinski definition) is 4. The molecule has 120 valence electrons. The van der Waals surface area contributed by atoms with Crippen LogP contribution in [0.2, 0.25) is 5.02 Å². The highest BCUT2D eigenvalue weighted by atomic mass is 35.5. The average Bonchev–Trinajstić information content (AvgIpc) is 2.87. The maximum Gasteiger partial charge on any atom is 0.214 e. The number of benzene rings is 1. The van der Waals surface area contributed by atoms with Crippen molar-refractivity contribution in [3.63, 3.8) is 0 Å². The van der Waals surface area contributed by atoms with Gasteiger partial charge in [0.2, 0.25) is 10.0 Å². The predicted molar refractivity (Wildman–Crippen MR) is 82.9 cm³/mol. The Kier molecular flexibility index (Phi) is 3.51. The molecule has 0 N–H and O–H groups in total. The summed E-state index contributed by atoms with van der Waals surface area (Å²) < 4.78 is 37.6. The number of nitrogens with zero attached hydrogens (tertiary/aromatic N) is 1. The monoisotopic (exact) mass is 343 g/mol. The van der Waals surface area contributed by atoms with E-state index < -0.39 is 10.0 Å². The topological polar surface area (TPSA) is 55.8 Å². The lowest BCUT2D eigenvalue weighted by Crippen LogP contribution is -2.44. The van der Waals surface area contributed by atoms with E-state index in [-0.39, 0.29) is 11.8 Å². The van der Waals surface area contributed by atoms with E-state index in [0.717, 1.165) is 24.8 Å². The Bertz CT molecular complexity index is 706. The molecule has 5 nitrogen and oxygen atoms in total. The lowest BCUT2D eigenvalue weighted by molar-refractivity contribution is 0.171. The summed E-state index contributed by atoms with van der Waals surface area (Å²) >= 11 is 6.32. The summed E-state index contributed by atoms with van der Waals surface area (Å²) in [5, 5.41) is 0.527. The van der Waals surface area contributed by atoms with Gasteiger partial charge in [0.05, 0.1) is 5.75 Å². The van der Waals surface area contributed by atoms with Crippen LogP contribution in [0.3, 0.4) is 0 Å². The van der Waals surface area contributed by atoms with E-state index in [1.54, 1.807) is 10.4 Å². The molecule has 2 fully saturated rings. The van der Waals surface area contributed by atoms with Crippen LogP contribution in [0, 0.1) is 5.92 Å². The van der Waals surface area contributed by atoms with Gasteiger partial charge in [-0.3, -0.25) is 0 Å². The largest absolute Gasteiger partial charge is 0.486 e. The zero-order valence-electron chi connectivity index (χ0n) is 12.1. The SMILES string of the molecule is O=S1(=O)C[C@H]2CC[C@H](C2)N1Cc1cc2c(cc1Cl)OCCO2. The molecule has 0 unspecified atom stereocenters. The fourth-order valence-electron chi connectivity index (χ4n) is 3.70. The summed E-state index contributed by atoms with van der Waals surface area (Å²) in [6, 6.07) is 3.65. The molecule has 1 aliphatic carbocycles. The van der Waals surface area contributed by atoms with Gasteiger partial charge in [0, 0.05) is 23.7 Å². The molecule has 2 bridgehead atoms. The van der Waals surface area contributed by atoms with Crippen molar-refractivity contribution in [2.75, 3.05) is 19.0 Å². The van der Waals surface area contributed by atoms with Crippen LogP contribution in [0.1, 0.15) is 24.8 Å². The van der Waals surface area contributed by atoms with Crippen LogP contribution >= 0.6 is 11.6 Å². The zero-order valence-corrected chi connectivity index (χ0v) is 13.7. The number of halogens is 1. The summed E-state index contributed by atoms with van der Waals surface area (Å²) in [5.74, 6) is 1.87. The molecule has 2 aliphatic heterocycles. The summed E-state index contributed by atoms with van der Waals surface area (Å²) in [7, 11) is -3.19. The Morgan fingerprint density at radius 2 is 1.91 bits per heavy atom. The minimum absolute atomic E-state index is 0.119.